The van der Waals surface area contributed by atoms with Crippen LogP contribution in [0.2, 0.25) is 0 Å². The summed E-state index contributed by atoms with van der Waals surface area (Å²) in [6, 6.07) is 17.9. The second-order valence-electron chi connectivity index (χ2n) is 7.04. The Kier molecular flexibility index (Phi) is 5.18. The number of nitrogens with one attached hydrogen (secondary N) is 1. The molecular formula is C21H25N5O. The van der Waals surface area contributed by atoms with E-state index in [0.717, 1.165) is 55.3 Å². The molecule has 1 N–H and O–H groups in total. The smallest absolute Gasteiger partial charge is 0.240 e. The SMILES string of the molecule is CN(C(=O)CN1CCN(Cc2nc3ccccc3[nH]2)CC1)c1ccccc1. The number of anilines is 1. The first-order valence-electron chi connectivity index (χ1n) is 9.39. The van der Waals surface area contributed by atoms with E-state index in [1.54, 1.807) is 4.90 Å². The van der Waals surface area contributed by atoms with Crippen molar-refractivity contribution in [2.45, 2.75) is 6.54 Å². The van der Waals surface area contributed by atoms with Gasteiger partial charge in [-0.3, -0.25) is 14.6 Å². The van der Waals surface area contributed by atoms with Crippen LogP contribution in [0.15, 0.2) is 54.6 Å². The van der Waals surface area contributed by atoms with Gasteiger partial charge in [0, 0.05) is 38.9 Å². The van der Waals surface area contributed by atoms with Crippen molar-refractivity contribution >= 4 is 22.6 Å². The molecule has 2 heterocycles. The van der Waals surface area contributed by atoms with Crippen LogP contribution in [0, 0.1) is 0 Å². The molecule has 6 nitrogen and oxygen atoms in total. The van der Waals surface area contributed by atoms with Crippen LogP contribution in [0.3, 0.4) is 0 Å². The zero-order valence-electron chi connectivity index (χ0n) is 15.6. The number of amides is 1. The molecule has 0 saturated carbocycles. The average molecular weight is 363 g/mol. The molecule has 4 rings (SSSR count). The van der Waals surface area contributed by atoms with Crippen molar-refractivity contribution in [2.24, 2.45) is 0 Å². The topological polar surface area (TPSA) is 55.5 Å². The maximum atomic E-state index is 12.5. The van der Waals surface area contributed by atoms with E-state index in [1.807, 2.05) is 55.6 Å². The summed E-state index contributed by atoms with van der Waals surface area (Å²) in [5.74, 6) is 1.14. The van der Waals surface area contributed by atoms with E-state index < -0.39 is 0 Å². The molecule has 1 saturated heterocycles. The first kappa shape index (κ1) is 17.7. The minimum atomic E-state index is 0.131. The third-order valence-electron chi connectivity index (χ3n) is 5.15. The number of hydrogen-bond donors (Lipinski definition) is 1. The summed E-state index contributed by atoms with van der Waals surface area (Å²) in [5.41, 5.74) is 3.03. The second kappa shape index (κ2) is 7.90. The second-order valence-corrected chi connectivity index (χ2v) is 7.04. The number of nitrogens with zero attached hydrogens (tertiary/aromatic N) is 4. The highest BCUT2D eigenvalue weighted by molar-refractivity contribution is 5.94. The molecule has 1 fully saturated rings. The van der Waals surface area contributed by atoms with E-state index >= 15 is 0 Å². The number of H-pyrrole nitrogens is 1. The van der Waals surface area contributed by atoms with Gasteiger partial charge in [-0.25, -0.2) is 4.98 Å². The fourth-order valence-electron chi connectivity index (χ4n) is 3.49. The Labute approximate surface area is 159 Å². The Hall–Kier alpha value is -2.70. The molecule has 140 valence electrons. The number of piperazine rings is 1. The Morgan fingerprint density at radius 3 is 2.41 bits per heavy atom. The Morgan fingerprint density at radius 1 is 1.00 bits per heavy atom. The van der Waals surface area contributed by atoms with Crippen LogP contribution in [-0.2, 0) is 11.3 Å². The van der Waals surface area contributed by atoms with E-state index in [2.05, 4.69) is 25.8 Å². The fraction of sp³-hybridized carbons (Fsp3) is 0.333. The maximum Gasteiger partial charge on any atom is 0.240 e. The quantitative estimate of drug-likeness (QED) is 0.756. The molecule has 0 unspecified atom stereocenters. The van der Waals surface area contributed by atoms with Crippen LogP contribution in [-0.4, -0.2) is 65.4 Å². The maximum absolute atomic E-state index is 12.5. The molecule has 1 aromatic heterocycles. The van der Waals surface area contributed by atoms with Gasteiger partial charge in [-0.15, -0.1) is 0 Å². The lowest BCUT2D eigenvalue weighted by molar-refractivity contribution is -0.119. The lowest BCUT2D eigenvalue weighted by Crippen LogP contribution is -2.49. The summed E-state index contributed by atoms with van der Waals surface area (Å²) >= 11 is 0. The van der Waals surface area contributed by atoms with Crippen molar-refractivity contribution in [2.75, 3.05) is 44.7 Å². The van der Waals surface area contributed by atoms with Gasteiger partial charge in [-0.2, -0.15) is 0 Å². The first-order valence-corrected chi connectivity index (χ1v) is 9.39. The molecule has 0 atom stereocenters. The number of benzene rings is 2. The standard InChI is InChI=1S/C21H25N5O/c1-24(17-7-3-2-4-8-17)21(27)16-26-13-11-25(12-14-26)15-20-22-18-9-5-6-10-19(18)23-20/h2-10H,11-16H2,1H3,(H,22,23). The Morgan fingerprint density at radius 2 is 1.67 bits per heavy atom. The third-order valence-corrected chi connectivity index (χ3v) is 5.15. The van der Waals surface area contributed by atoms with Crippen LogP contribution in [0.25, 0.3) is 11.0 Å². The molecule has 0 spiro atoms. The van der Waals surface area contributed by atoms with Gasteiger partial charge >= 0.3 is 0 Å². The summed E-state index contributed by atoms with van der Waals surface area (Å²) in [7, 11) is 1.84. The monoisotopic (exact) mass is 363 g/mol. The van der Waals surface area contributed by atoms with Gasteiger partial charge in [-0.05, 0) is 24.3 Å². The van der Waals surface area contributed by atoms with Crippen molar-refractivity contribution < 1.29 is 4.79 Å². The number of carbonyl (C=O) groups excluding carboxylic acids is 1. The fourth-order valence-corrected chi connectivity index (χ4v) is 3.49. The summed E-state index contributed by atoms with van der Waals surface area (Å²) in [5, 5.41) is 0. The van der Waals surface area contributed by atoms with Crippen molar-refractivity contribution in [3.05, 3.63) is 60.4 Å². The highest BCUT2D eigenvalue weighted by Crippen LogP contribution is 2.14. The molecule has 6 heteroatoms. The summed E-state index contributed by atoms with van der Waals surface area (Å²) < 4.78 is 0. The molecular weight excluding hydrogens is 338 g/mol. The predicted molar refractivity (Wildman–Crippen MR) is 108 cm³/mol. The first-order chi connectivity index (χ1) is 13.2. The van der Waals surface area contributed by atoms with E-state index in [9.17, 15) is 4.79 Å². The van der Waals surface area contributed by atoms with Crippen LogP contribution < -0.4 is 4.90 Å². The van der Waals surface area contributed by atoms with Gasteiger partial charge in [0.2, 0.25) is 5.91 Å². The van der Waals surface area contributed by atoms with Gasteiger partial charge in [-0.1, -0.05) is 30.3 Å². The number of para-hydroxylation sites is 3. The number of likely N-dealkylation sites (N-methyl/N-ethyl adjacent to an activating group) is 1. The van der Waals surface area contributed by atoms with Gasteiger partial charge in [0.25, 0.3) is 0 Å². The molecule has 0 aliphatic carbocycles. The molecule has 3 aromatic rings. The number of rotatable bonds is 5. The normalized spacial score (nSPS) is 15.9. The Bertz CT molecular complexity index is 866. The molecule has 1 aliphatic heterocycles. The minimum absolute atomic E-state index is 0.131. The van der Waals surface area contributed by atoms with Crippen molar-refractivity contribution in [3.8, 4) is 0 Å². The minimum Gasteiger partial charge on any atom is -0.341 e. The molecule has 0 radical (unpaired) electrons. The van der Waals surface area contributed by atoms with Gasteiger partial charge < -0.3 is 9.88 Å². The zero-order valence-corrected chi connectivity index (χ0v) is 15.6. The highest BCUT2D eigenvalue weighted by atomic mass is 16.2. The van der Waals surface area contributed by atoms with Gasteiger partial charge in [0.15, 0.2) is 0 Å². The molecule has 0 bridgehead atoms. The summed E-state index contributed by atoms with van der Waals surface area (Å²) in [4.78, 5) is 26.9. The number of imidazole rings is 1. The highest BCUT2D eigenvalue weighted by Gasteiger charge is 2.21. The van der Waals surface area contributed by atoms with Gasteiger partial charge in [0.05, 0.1) is 24.1 Å². The average Bonchev–Trinajstić information content (AvgIpc) is 3.12. The molecule has 1 amide bonds. The summed E-state index contributed by atoms with van der Waals surface area (Å²) in [6.45, 7) is 4.96. The van der Waals surface area contributed by atoms with Crippen molar-refractivity contribution in [1.29, 1.82) is 0 Å². The van der Waals surface area contributed by atoms with Crippen LogP contribution in [0.5, 0.6) is 0 Å². The lowest BCUT2D eigenvalue weighted by atomic mass is 10.2. The molecule has 1 aliphatic rings. The third kappa shape index (κ3) is 4.18. The van der Waals surface area contributed by atoms with Crippen molar-refractivity contribution in [3.63, 3.8) is 0 Å². The van der Waals surface area contributed by atoms with E-state index in [-0.39, 0.29) is 5.91 Å². The van der Waals surface area contributed by atoms with E-state index in [1.165, 1.54) is 0 Å². The number of fused-ring (bicyclic) bond motifs is 1. The summed E-state index contributed by atoms with van der Waals surface area (Å²) in [6.07, 6.45) is 0. The molecule has 2 aromatic carbocycles. The van der Waals surface area contributed by atoms with Crippen LogP contribution in [0.4, 0.5) is 5.69 Å². The largest absolute Gasteiger partial charge is 0.341 e. The van der Waals surface area contributed by atoms with E-state index in [4.69, 9.17) is 0 Å². The predicted octanol–water partition coefficient (Wildman–Crippen LogP) is 2.34. The number of carbonyl (C=O) groups is 1. The van der Waals surface area contributed by atoms with Crippen LogP contribution in [0.1, 0.15) is 5.82 Å². The molecule has 27 heavy (non-hydrogen) atoms. The zero-order chi connectivity index (χ0) is 18.6. The van der Waals surface area contributed by atoms with Crippen molar-refractivity contribution in [1.82, 2.24) is 19.8 Å². The number of hydrogen-bond acceptors (Lipinski definition) is 4. The lowest BCUT2D eigenvalue weighted by Gasteiger charge is -2.34. The number of aromatic nitrogens is 2. The van der Waals surface area contributed by atoms with E-state index in [0.29, 0.717) is 6.54 Å². The van der Waals surface area contributed by atoms with Crippen LogP contribution >= 0.6 is 0 Å². The van der Waals surface area contributed by atoms with Gasteiger partial charge in [0.1, 0.15) is 5.82 Å². The number of aromatic amines is 1. The Balaban J connectivity index is 1.28.